The first-order valence-corrected chi connectivity index (χ1v) is 8.30. The fraction of sp³-hybridized carbons (Fsp3) is 0.133. The van der Waals surface area contributed by atoms with Gasteiger partial charge in [-0.15, -0.1) is 0 Å². The van der Waals surface area contributed by atoms with Crippen LogP contribution in [0.4, 0.5) is 11.4 Å². The van der Waals surface area contributed by atoms with Crippen molar-refractivity contribution in [2.45, 2.75) is 9.79 Å². The predicted octanol–water partition coefficient (Wildman–Crippen LogP) is 3.04. The minimum absolute atomic E-state index is 0.0951. The molecule has 0 radical (unpaired) electrons. The Morgan fingerprint density at radius 3 is 2.43 bits per heavy atom. The fourth-order valence-corrected chi connectivity index (χ4v) is 4.26. The van der Waals surface area contributed by atoms with Gasteiger partial charge in [-0.05, 0) is 18.2 Å². The Hall–Kier alpha value is -2.74. The zero-order chi connectivity index (χ0) is 16.6. The van der Waals surface area contributed by atoms with Gasteiger partial charge >= 0.3 is 0 Å². The van der Waals surface area contributed by atoms with Crippen LogP contribution in [0.1, 0.15) is 0 Å². The van der Waals surface area contributed by atoms with Crippen LogP contribution < -0.4 is 0 Å². The van der Waals surface area contributed by atoms with Gasteiger partial charge in [-0.2, -0.15) is 4.36 Å². The second-order valence-corrected chi connectivity index (χ2v) is 7.29. The number of hydrogen-bond acceptors (Lipinski definition) is 6. The van der Waals surface area contributed by atoms with Gasteiger partial charge in [0.1, 0.15) is 9.73 Å². The molecule has 2 aromatic rings. The van der Waals surface area contributed by atoms with Crippen LogP contribution in [-0.2, 0) is 9.73 Å². The van der Waals surface area contributed by atoms with E-state index in [0.29, 0.717) is 15.5 Å². The normalized spacial score (nSPS) is 19.3. The number of guanidine groups is 1. The largest absolute Gasteiger partial charge is 0.346 e. The van der Waals surface area contributed by atoms with Crippen LogP contribution in [-0.4, -0.2) is 34.1 Å². The van der Waals surface area contributed by atoms with E-state index >= 15 is 0 Å². The number of hydrogen-bond donors (Lipinski definition) is 0. The van der Waals surface area contributed by atoms with Gasteiger partial charge in [-0.25, -0.2) is 9.20 Å². The molecule has 1 aliphatic heterocycles. The number of aliphatic imine (C=N–C) groups is 1. The summed E-state index contributed by atoms with van der Waals surface area (Å²) in [5, 5.41) is 11.0. The topological polar surface area (TPSA) is 88.2 Å². The summed E-state index contributed by atoms with van der Waals surface area (Å²) in [5.41, 5.74) is 0.217. The molecule has 1 unspecified atom stereocenters. The predicted molar refractivity (Wildman–Crippen MR) is 87.4 cm³/mol. The first kappa shape index (κ1) is 15.2. The first-order chi connectivity index (χ1) is 10.9. The maximum absolute atomic E-state index is 13.6. The second-order valence-electron chi connectivity index (χ2n) is 5.15. The molecule has 0 aromatic heterocycles. The zero-order valence-electron chi connectivity index (χ0n) is 12.5. The van der Waals surface area contributed by atoms with Gasteiger partial charge < -0.3 is 4.90 Å². The van der Waals surface area contributed by atoms with Crippen molar-refractivity contribution in [2.24, 2.45) is 9.36 Å². The number of benzene rings is 2. The lowest BCUT2D eigenvalue weighted by Gasteiger charge is -2.21. The van der Waals surface area contributed by atoms with E-state index in [0.717, 1.165) is 0 Å². The number of rotatable bonds is 2. The van der Waals surface area contributed by atoms with Crippen molar-refractivity contribution < 1.29 is 9.13 Å². The number of non-ortho nitro benzene ring substituents is 1. The van der Waals surface area contributed by atoms with Crippen molar-refractivity contribution in [3.63, 3.8) is 0 Å². The molecule has 0 saturated heterocycles. The van der Waals surface area contributed by atoms with Crippen LogP contribution >= 0.6 is 0 Å². The first-order valence-electron chi connectivity index (χ1n) is 6.78. The number of nitro benzene ring substituents is 1. The smallest absolute Gasteiger partial charge is 0.271 e. The Labute approximate surface area is 133 Å². The molecule has 7 nitrogen and oxygen atoms in total. The van der Waals surface area contributed by atoms with Gasteiger partial charge in [-0.1, -0.05) is 18.2 Å². The molecule has 0 N–H and O–H groups in total. The highest BCUT2D eigenvalue weighted by atomic mass is 32.2. The summed E-state index contributed by atoms with van der Waals surface area (Å²) in [6, 6.07) is 13.0. The highest BCUT2D eigenvalue weighted by Gasteiger charge is 2.27. The Morgan fingerprint density at radius 2 is 1.83 bits per heavy atom. The molecule has 8 heteroatoms. The number of nitrogens with zero attached hydrogens (tertiary/aromatic N) is 4. The molecule has 0 aliphatic carbocycles. The quantitative estimate of drug-likeness (QED) is 0.625. The maximum Gasteiger partial charge on any atom is 0.271 e. The third-order valence-electron chi connectivity index (χ3n) is 3.34. The SMILES string of the molecule is CN(C)C1=Nc2cc([N+](=O)[O-])ccc2S(=O)(c2ccccc2)=N1. The summed E-state index contributed by atoms with van der Waals surface area (Å²) in [6.45, 7) is 0. The summed E-state index contributed by atoms with van der Waals surface area (Å²) in [7, 11) is 0.528. The van der Waals surface area contributed by atoms with E-state index in [2.05, 4.69) is 9.36 Å². The lowest BCUT2D eigenvalue weighted by molar-refractivity contribution is -0.384. The Bertz CT molecular complexity index is 929. The molecule has 0 saturated carbocycles. The molecule has 0 amide bonds. The maximum atomic E-state index is 13.6. The summed E-state index contributed by atoms with van der Waals surface area (Å²) in [6.07, 6.45) is 0. The molecule has 23 heavy (non-hydrogen) atoms. The minimum Gasteiger partial charge on any atom is -0.346 e. The van der Waals surface area contributed by atoms with E-state index in [9.17, 15) is 14.3 Å². The van der Waals surface area contributed by atoms with Crippen molar-refractivity contribution in [3.8, 4) is 0 Å². The fourth-order valence-electron chi connectivity index (χ4n) is 2.20. The summed E-state index contributed by atoms with van der Waals surface area (Å²) < 4.78 is 17.9. The molecular formula is C15H14N4O3S. The Kier molecular flexibility index (Phi) is 3.61. The van der Waals surface area contributed by atoms with Gasteiger partial charge in [0, 0.05) is 26.2 Å². The Morgan fingerprint density at radius 1 is 1.13 bits per heavy atom. The third kappa shape index (κ3) is 2.57. The molecule has 118 valence electrons. The highest BCUT2D eigenvalue weighted by molar-refractivity contribution is 7.94. The standard InChI is InChI=1S/C15H14N4O3S/c1-18(2)15-16-13-10-11(19(20)21)8-9-14(13)23(22,17-15)12-6-4-3-5-7-12/h3-10H,1-2H3. The van der Waals surface area contributed by atoms with Crippen LogP contribution in [0.25, 0.3) is 0 Å². The lowest BCUT2D eigenvalue weighted by Crippen LogP contribution is -2.23. The van der Waals surface area contributed by atoms with Crippen molar-refractivity contribution in [3.05, 3.63) is 58.6 Å². The summed E-state index contributed by atoms with van der Waals surface area (Å²) >= 11 is 0. The lowest BCUT2D eigenvalue weighted by atomic mass is 10.3. The number of fused-ring (bicyclic) bond motifs is 1. The van der Waals surface area contributed by atoms with Gasteiger partial charge in [0.2, 0.25) is 5.96 Å². The molecule has 0 bridgehead atoms. The molecule has 0 fully saturated rings. The van der Waals surface area contributed by atoms with Crippen molar-refractivity contribution in [1.29, 1.82) is 0 Å². The van der Waals surface area contributed by atoms with E-state index in [1.807, 2.05) is 6.07 Å². The molecule has 0 spiro atoms. The van der Waals surface area contributed by atoms with Gasteiger partial charge in [0.15, 0.2) is 0 Å². The molecule has 3 rings (SSSR count). The van der Waals surface area contributed by atoms with Gasteiger partial charge in [0.25, 0.3) is 5.69 Å². The van der Waals surface area contributed by atoms with Crippen molar-refractivity contribution >= 4 is 27.1 Å². The molecule has 1 atom stereocenters. The molecule has 1 heterocycles. The van der Waals surface area contributed by atoms with E-state index in [4.69, 9.17) is 0 Å². The van der Waals surface area contributed by atoms with Crippen LogP contribution in [0.5, 0.6) is 0 Å². The van der Waals surface area contributed by atoms with Gasteiger partial charge in [0.05, 0.1) is 20.4 Å². The monoisotopic (exact) mass is 330 g/mol. The summed E-state index contributed by atoms with van der Waals surface area (Å²) in [4.78, 5) is 17.4. The highest BCUT2D eigenvalue weighted by Crippen LogP contribution is 2.37. The minimum atomic E-state index is -2.93. The van der Waals surface area contributed by atoms with Crippen LogP contribution in [0, 0.1) is 10.1 Å². The van der Waals surface area contributed by atoms with E-state index < -0.39 is 14.7 Å². The van der Waals surface area contributed by atoms with E-state index in [1.165, 1.54) is 18.2 Å². The van der Waals surface area contributed by atoms with Crippen molar-refractivity contribution in [2.75, 3.05) is 14.1 Å². The molecule has 2 aromatic carbocycles. The van der Waals surface area contributed by atoms with Crippen LogP contribution in [0.2, 0.25) is 0 Å². The zero-order valence-corrected chi connectivity index (χ0v) is 13.4. The molecule has 1 aliphatic rings. The van der Waals surface area contributed by atoms with E-state index in [1.54, 1.807) is 43.3 Å². The third-order valence-corrected chi connectivity index (χ3v) is 5.62. The second kappa shape index (κ2) is 5.47. The average Bonchev–Trinajstić information content (AvgIpc) is 2.55. The number of nitro groups is 1. The summed E-state index contributed by atoms with van der Waals surface area (Å²) in [5.74, 6) is 0.270. The van der Waals surface area contributed by atoms with Crippen LogP contribution in [0.3, 0.4) is 0 Å². The Balaban J connectivity index is 2.32. The van der Waals surface area contributed by atoms with Crippen molar-refractivity contribution in [1.82, 2.24) is 4.90 Å². The van der Waals surface area contributed by atoms with Gasteiger partial charge in [-0.3, -0.25) is 10.1 Å². The molecular weight excluding hydrogens is 316 g/mol. The average molecular weight is 330 g/mol. The van der Waals surface area contributed by atoms with E-state index in [-0.39, 0.29) is 11.6 Å². The van der Waals surface area contributed by atoms with Crippen LogP contribution in [0.15, 0.2) is 67.7 Å².